The molecule has 2 saturated carbocycles. The van der Waals surface area contributed by atoms with Crippen LogP contribution < -0.4 is 5.73 Å². The van der Waals surface area contributed by atoms with Crippen LogP contribution in [0.1, 0.15) is 58.8 Å². The van der Waals surface area contributed by atoms with E-state index in [1.54, 1.807) is 0 Å². The molecule has 0 aromatic carbocycles. The van der Waals surface area contributed by atoms with Crippen LogP contribution in [0, 0.1) is 34.5 Å². The minimum absolute atomic E-state index is 0.0292. The number of allylic oxidation sites excluding steroid dienone is 3. The number of amides is 1. The first-order valence-corrected chi connectivity index (χ1v) is 9.71. The molecule has 0 aromatic heterocycles. The lowest BCUT2D eigenvalue weighted by Gasteiger charge is -2.56. The number of nitrogens with two attached hydrogens (primary N) is 1. The van der Waals surface area contributed by atoms with Gasteiger partial charge in [0.15, 0.2) is 0 Å². The molecule has 0 bridgehead atoms. The number of hydrogen-bond donors (Lipinski definition) is 2. The summed E-state index contributed by atoms with van der Waals surface area (Å²) in [7, 11) is 0. The highest BCUT2D eigenvalue weighted by atomic mass is 16.4. The third kappa shape index (κ3) is 2.25. The third-order valence-electron chi connectivity index (χ3n) is 8.39. The highest BCUT2D eigenvalue weighted by Crippen LogP contribution is 2.65. The molecule has 4 nitrogen and oxygen atoms in total. The molecule has 0 saturated heterocycles. The van der Waals surface area contributed by atoms with Crippen LogP contribution in [0.3, 0.4) is 0 Å². The van der Waals surface area contributed by atoms with Crippen molar-refractivity contribution in [3.05, 3.63) is 23.3 Å². The average Bonchev–Trinajstić information content (AvgIpc) is 2.91. The van der Waals surface area contributed by atoms with Gasteiger partial charge in [-0.3, -0.25) is 4.79 Å². The van der Waals surface area contributed by atoms with E-state index in [4.69, 9.17) is 5.73 Å². The van der Waals surface area contributed by atoms with E-state index < -0.39 is 5.97 Å². The van der Waals surface area contributed by atoms with E-state index in [0.29, 0.717) is 29.7 Å². The number of carboxylic acids is 1. The van der Waals surface area contributed by atoms with E-state index in [-0.39, 0.29) is 22.7 Å². The largest absolute Gasteiger partial charge is 0.478 e. The maximum absolute atomic E-state index is 12.0. The van der Waals surface area contributed by atoms with Crippen molar-refractivity contribution in [1.29, 1.82) is 0 Å². The molecule has 136 valence electrons. The van der Waals surface area contributed by atoms with Crippen LogP contribution in [0.5, 0.6) is 0 Å². The normalized spacial score (nSPS) is 45.5. The van der Waals surface area contributed by atoms with Gasteiger partial charge in [0, 0.05) is 11.5 Å². The Labute approximate surface area is 149 Å². The standard InChI is InChI=1S/C21H29NO3/c1-20-9-7-12(19(24)25)11-13(20)3-4-14-15-5-6-17(18(22)23)21(15,2)10-8-16(14)20/h3,11,14-17H,4-10H2,1-2H3,(H2,22,23)(H,24,25)/t14-,15-,16+,17?,20-,21-/m0/s1. The van der Waals surface area contributed by atoms with Crippen LogP contribution in [-0.2, 0) is 9.59 Å². The molecule has 4 aliphatic rings. The number of carbonyl (C=O) groups excluding carboxylic acids is 1. The summed E-state index contributed by atoms with van der Waals surface area (Å²) in [4.78, 5) is 23.3. The number of carboxylic acid groups (broad SMARTS) is 1. The molecule has 2 fully saturated rings. The van der Waals surface area contributed by atoms with E-state index in [1.807, 2.05) is 6.08 Å². The monoisotopic (exact) mass is 343 g/mol. The van der Waals surface area contributed by atoms with Crippen molar-refractivity contribution in [3.63, 3.8) is 0 Å². The second-order valence-corrected chi connectivity index (χ2v) is 9.24. The molecule has 4 heteroatoms. The van der Waals surface area contributed by atoms with Gasteiger partial charge in [-0.05, 0) is 85.2 Å². The first-order chi connectivity index (χ1) is 11.8. The van der Waals surface area contributed by atoms with Crippen molar-refractivity contribution in [2.75, 3.05) is 0 Å². The zero-order chi connectivity index (χ0) is 18.0. The van der Waals surface area contributed by atoms with Crippen molar-refractivity contribution in [2.24, 2.45) is 40.2 Å². The van der Waals surface area contributed by atoms with Gasteiger partial charge in [0.2, 0.25) is 5.91 Å². The van der Waals surface area contributed by atoms with Crippen molar-refractivity contribution >= 4 is 11.9 Å². The first kappa shape index (κ1) is 16.9. The Kier molecular flexibility index (Phi) is 3.68. The molecule has 3 N–H and O–H groups in total. The topological polar surface area (TPSA) is 80.4 Å². The third-order valence-corrected chi connectivity index (χ3v) is 8.39. The Hall–Kier alpha value is -1.58. The summed E-state index contributed by atoms with van der Waals surface area (Å²) >= 11 is 0. The van der Waals surface area contributed by atoms with Gasteiger partial charge in [-0.15, -0.1) is 0 Å². The van der Waals surface area contributed by atoms with Gasteiger partial charge in [-0.25, -0.2) is 4.79 Å². The van der Waals surface area contributed by atoms with Crippen molar-refractivity contribution in [2.45, 2.75) is 58.8 Å². The molecule has 0 aromatic rings. The van der Waals surface area contributed by atoms with Crippen LogP contribution in [0.25, 0.3) is 0 Å². The van der Waals surface area contributed by atoms with E-state index >= 15 is 0 Å². The van der Waals surface area contributed by atoms with E-state index in [2.05, 4.69) is 19.9 Å². The number of rotatable bonds is 2. The minimum Gasteiger partial charge on any atom is -0.478 e. The lowest BCUT2D eigenvalue weighted by atomic mass is 9.48. The van der Waals surface area contributed by atoms with Crippen LogP contribution in [-0.4, -0.2) is 17.0 Å². The summed E-state index contributed by atoms with van der Waals surface area (Å²) in [5, 5.41) is 9.34. The fourth-order valence-corrected chi connectivity index (χ4v) is 6.96. The molecule has 1 amide bonds. The molecule has 4 aliphatic carbocycles. The van der Waals surface area contributed by atoms with Gasteiger partial charge < -0.3 is 10.8 Å². The molecule has 0 aliphatic heterocycles. The van der Waals surface area contributed by atoms with Crippen LogP contribution >= 0.6 is 0 Å². The summed E-state index contributed by atoms with van der Waals surface area (Å²) in [6.07, 6.45) is 11.1. The fraction of sp³-hybridized carbons (Fsp3) is 0.714. The SMILES string of the molecule is C[C@]12CCC(C(=O)O)=CC1=CC[C@@H]1[C@H]2CC[C@]2(C)C(C(N)=O)CC[C@@H]12. The maximum Gasteiger partial charge on any atom is 0.331 e. The molecule has 0 heterocycles. The summed E-state index contributed by atoms with van der Waals surface area (Å²) in [6.45, 7) is 4.63. The van der Waals surface area contributed by atoms with E-state index in [9.17, 15) is 14.7 Å². The predicted molar refractivity (Wildman–Crippen MR) is 95.5 cm³/mol. The van der Waals surface area contributed by atoms with Gasteiger partial charge in [0.25, 0.3) is 0 Å². The molecule has 6 atom stereocenters. The van der Waals surface area contributed by atoms with Gasteiger partial charge >= 0.3 is 5.97 Å². The Bertz CT molecular complexity index is 693. The second kappa shape index (κ2) is 5.46. The highest BCUT2D eigenvalue weighted by Gasteiger charge is 2.59. The molecule has 25 heavy (non-hydrogen) atoms. The van der Waals surface area contributed by atoms with E-state index in [1.165, 1.54) is 5.57 Å². The van der Waals surface area contributed by atoms with Crippen molar-refractivity contribution in [3.8, 4) is 0 Å². The van der Waals surface area contributed by atoms with Gasteiger partial charge in [-0.1, -0.05) is 19.9 Å². The minimum atomic E-state index is -0.776. The Morgan fingerprint density at radius 3 is 2.60 bits per heavy atom. The summed E-state index contributed by atoms with van der Waals surface area (Å²) in [6, 6.07) is 0. The van der Waals surface area contributed by atoms with Crippen LogP contribution in [0.2, 0.25) is 0 Å². The fourth-order valence-electron chi connectivity index (χ4n) is 6.96. The zero-order valence-electron chi connectivity index (χ0n) is 15.3. The first-order valence-electron chi connectivity index (χ1n) is 9.71. The number of fused-ring (bicyclic) bond motifs is 5. The van der Waals surface area contributed by atoms with Crippen LogP contribution in [0.4, 0.5) is 0 Å². The molecule has 1 unspecified atom stereocenters. The average molecular weight is 343 g/mol. The van der Waals surface area contributed by atoms with Crippen LogP contribution in [0.15, 0.2) is 23.3 Å². The van der Waals surface area contributed by atoms with Gasteiger partial charge in [0.05, 0.1) is 0 Å². The van der Waals surface area contributed by atoms with Gasteiger partial charge in [0.1, 0.15) is 0 Å². The highest BCUT2D eigenvalue weighted by molar-refractivity contribution is 5.87. The number of carbonyl (C=O) groups is 2. The summed E-state index contributed by atoms with van der Waals surface area (Å²) in [5.41, 5.74) is 7.67. The number of aliphatic carboxylic acids is 1. The maximum atomic E-state index is 12.0. The van der Waals surface area contributed by atoms with Gasteiger partial charge in [-0.2, -0.15) is 0 Å². The lowest BCUT2D eigenvalue weighted by molar-refractivity contribution is -0.133. The molecule has 0 spiro atoms. The molecule has 0 radical (unpaired) electrons. The Balaban J connectivity index is 1.68. The van der Waals surface area contributed by atoms with E-state index in [0.717, 1.165) is 38.5 Å². The molecular weight excluding hydrogens is 314 g/mol. The number of primary amides is 1. The number of hydrogen-bond acceptors (Lipinski definition) is 2. The lowest BCUT2D eigenvalue weighted by Crippen LogP contribution is -2.50. The van der Waals surface area contributed by atoms with Crippen molar-refractivity contribution < 1.29 is 14.7 Å². The quantitative estimate of drug-likeness (QED) is 0.803. The smallest absolute Gasteiger partial charge is 0.331 e. The zero-order valence-corrected chi connectivity index (χ0v) is 15.3. The summed E-state index contributed by atoms with van der Waals surface area (Å²) < 4.78 is 0. The van der Waals surface area contributed by atoms with Crippen molar-refractivity contribution in [1.82, 2.24) is 0 Å². The Morgan fingerprint density at radius 2 is 1.92 bits per heavy atom. The molecule has 4 rings (SSSR count). The second-order valence-electron chi connectivity index (χ2n) is 9.24. The summed E-state index contributed by atoms with van der Waals surface area (Å²) in [5.74, 6) is 0.917. The predicted octanol–water partition coefficient (Wildman–Crippen LogP) is 3.67. The Morgan fingerprint density at radius 1 is 1.16 bits per heavy atom. The molecular formula is C21H29NO3.